The van der Waals surface area contributed by atoms with E-state index in [9.17, 15) is 4.79 Å². The summed E-state index contributed by atoms with van der Waals surface area (Å²) in [4.78, 5) is 14.9. The van der Waals surface area contributed by atoms with Crippen LogP contribution in [0, 0.1) is 0 Å². The van der Waals surface area contributed by atoms with Crippen molar-refractivity contribution in [3.63, 3.8) is 0 Å². The van der Waals surface area contributed by atoms with Crippen LogP contribution in [-0.2, 0) is 4.79 Å². The third kappa shape index (κ3) is 4.11. The van der Waals surface area contributed by atoms with E-state index in [0.717, 1.165) is 36.0 Å². The van der Waals surface area contributed by atoms with Crippen molar-refractivity contribution in [1.82, 2.24) is 4.90 Å². The number of carbonyl (C=O) groups is 1. The van der Waals surface area contributed by atoms with Crippen LogP contribution in [0.1, 0.15) is 30.9 Å². The fourth-order valence-electron chi connectivity index (χ4n) is 2.87. The minimum Gasteiger partial charge on any atom is -0.474 e. The van der Waals surface area contributed by atoms with E-state index in [1.54, 1.807) is 12.1 Å². The molecule has 2 aromatic rings. The van der Waals surface area contributed by atoms with Crippen molar-refractivity contribution in [1.29, 1.82) is 0 Å². The summed E-state index contributed by atoms with van der Waals surface area (Å²) in [6.07, 6.45) is 2.60. The highest BCUT2D eigenvalue weighted by Gasteiger charge is 2.29. The fraction of sp³-hybridized carbons (Fsp3) is 0.316. The zero-order valence-electron chi connectivity index (χ0n) is 13.3. The molecule has 5 heteroatoms. The molecule has 1 aliphatic heterocycles. The van der Waals surface area contributed by atoms with Crippen LogP contribution in [-0.4, -0.2) is 23.9 Å². The van der Waals surface area contributed by atoms with Crippen LogP contribution in [0.25, 0.3) is 0 Å². The lowest BCUT2D eigenvalue weighted by molar-refractivity contribution is -0.140. The van der Waals surface area contributed by atoms with Gasteiger partial charge in [0.05, 0.1) is 5.02 Å². The molecule has 0 aliphatic carbocycles. The zero-order chi connectivity index (χ0) is 16.9. The van der Waals surface area contributed by atoms with Crippen molar-refractivity contribution in [2.75, 3.05) is 13.1 Å². The van der Waals surface area contributed by atoms with E-state index in [-0.39, 0.29) is 5.91 Å². The number of hydrogen-bond acceptors (Lipinski definition) is 2. The largest absolute Gasteiger partial charge is 0.474 e. The molecule has 1 amide bonds. The van der Waals surface area contributed by atoms with Crippen LogP contribution in [0.3, 0.4) is 0 Å². The van der Waals surface area contributed by atoms with E-state index in [1.807, 2.05) is 41.3 Å². The number of ether oxygens (including phenoxy) is 1. The van der Waals surface area contributed by atoms with Crippen LogP contribution in [0.4, 0.5) is 0 Å². The summed E-state index contributed by atoms with van der Waals surface area (Å²) in [6, 6.07) is 15.0. The number of piperidine rings is 1. The van der Waals surface area contributed by atoms with Gasteiger partial charge < -0.3 is 9.64 Å². The molecule has 0 aromatic heterocycles. The van der Waals surface area contributed by atoms with Gasteiger partial charge in [0, 0.05) is 23.1 Å². The van der Waals surface area contributed by atoms with Gasteiger partial charge in [-0.25, -0.2) is 0 Å². The number of rotatable bonds is 4. The number of halogens is 2. The second-order valence-electron chi connectivity index (χ2n) is 5.87. The fourth-order valence-corrected chi connectivity index (χ4v) is 3.58. The van der Waals surface area contributed by atoms with Gasteiger partial charge in [0.2, 0.25) is 6.10 Å². The minimum absolute atomic E-state index is 0.000106. The van der Waals surface area contributed by atoms with Gasteiger partial charge in [-0.15, -0.1) is 0 Å². The lowest BCUT2D eigenvalue weighted by Crippen LogP contribution is -2.40. The maximum Gasteiger partial charge on any atom is 0.268 e. The van der Waals surface area contributed by atoms with Crippen molar-refractivity contribution < 1.29 is 9.53 Å². The molecule has 1 heterocycles. The molecule has 3 rings (SSSR count). The highest BCUT2D eigenvalue weighted by molar-refractivity contribution is 9.10. The number of nitrogens with zero attached hydrogens (tertiary/aromatic N) is 1. The SMILES string of the molecule is O=C([C@H](Oc1ccc(Br)cc1Cl)c1ccccc1)N1CCCCC1. The first-order chi connectivity index (χ1) is 11.6. The molecule has 1 atom stereocenters. The van der Waals surface area contributed by atoms with Crippen LogP contribution < -0.4 is 4.74 Å². The van der Waals surface area contributed by atoms with Gasteiger partial charge in [0.25, 0.3) is 5.91 Å². The molecule has 0 N–H and O–H groups in total. The molecule has 0 unspecified atom stereocenters. The predicted octanol–water partition coefficient (Wildman–Crippen LogP) is 5.24. The van der Waals surface area contributed by atoms with Crippen molar-refractivity contribution >= 4 is 33.4 Å². The van der Waals surface area contributed by atoms with Gasteiger partial charge in [-0.2, -0.15) is 0 Å². The molecule has 1 aliphatic rings. The average Bonchev–Trinajstić information content (AvgIpc) is 2.62. The van der Waals surface area contributed by atoms with Gasteiger partial charge in [0.1, 0.15) is 5.75 Å². The molecule has 0 bridgehead atoms. The Hall–Kier alpha value is -1.52. The Morgan fingerprint density at radius 2 is 1.79 bits per heavy atom. The quantitative estimate of drug-likeness (QED) is 0.693. The summed E-state index contributed by atoms with van der Waals surface area (Å²) in [5, 5.41) is 0.483. The van der Waals surface area contributed by atoms with Gasteiger partial charge in [-0.1, -0.05) is 57.9 Å². The Labute approximate surface area is 155 Å². The molecule has 0 saturated carbocycles. The number of hydrogen-bond donors (Lipinski definition) is 0. The molecule has 126 valence electrons. The summed E-state index contributed by atoms with van der Waals surface area (Å²) >= 11 is 9.66. The molecule has 2 aromatic carbocycles. The Kier molecular flexibility index (Phi) is 5.80. The van der Waals surface area contributed by atoms with E-state index in [0.29, 0.717) is 10.8 Å². The van der Waals surface area contributed by atoms with Crippen LogP contribution >= 0.6 is 27.5 Å². The van der Waals surface area contributed by atoms with Crippen LogP contribution in [0.2, 0.25) is 5.02 Å². The highest BCUT2D eigenvalue weighted by Crippen LogP contribution is 2.32. The average molecular weight is 409 g/mol. The van der Waals surface area contributed by atoms with E-state index < -0.39 is 6.10 Å². The van der Waals surface area contributed by atoms with E-state index in [2.05, 4.69) is 15.9 Å². The van der Waals surface area contributed by atoms with Crippen LogP contribution in [0.5, 0.6) is 5.75 Å². The van der Waals surface area contributed by atoms with Crippen LogP contribution in [0.15, 0.2) is 53.0 Å². The molecule has 3 nitrogen and oxygen atoms in total. The first-order valence-electron chi connectivity index (χ1n) is 8.10. The number of amides is 1. The predicted molar refractivity (Wildman–Crippen MR) is 99.4 cm³/mol. The number of benzene rings is 2. The third-order valence-corrected chi connectivity index (χ3v) is 4.92. The summed E-state index contributed by atoms with van der Waals surface area (Å²) in [5.41, 5.74) is 0.840. The summed E-state index contributed by atoms with van der Waals surface area (Å²) in [5.74, 6) is 0.513. The Morgan fingerprint density at radius 1 is 1.08 bits per heavy atom. The van der Waals surface area contributed by atoms with E-state index >= 15 is 0 Å². The molecular formula is C19H19BrClNO2. The van der Waals surface area contributed by atoms with Crippen molar-refractivity contribution in [3.05, 3.63) is 63.6 Å². The molecule has 1 saturated heterocycles. The molecule has 1 fully saturated rings. The minimum atomic E-state index is -0.678. The van der Waals surface area contributed by atoms with Crippen molar-refractivity contribution in [3.8, 4) is 5.75 Å². The standard InChI is InChI=1S/C19H19BrClNO2/c20-15-9-10-17(16(21)13-15)24-18(14-7-3-1-4-8-14)19(23)22-11-5-2-6-12-22/h1,3-4,7-10,13,18H,2,5-6,11-12H2/t18-/m1/s1. The van der Waals surface area contributed by atoms with Gasteiger partial charge >= 0.3 is 0 Å². The Morgan fingerprint density at radius 3 is 2.46 bits per heavy atom. The maximum atomic E-state index is 13.0. The smallest absolute Gasteiger partial charge is 0.268 e. The summed E-state index contributed by atoms with van der Waals surface area (Å²) in [6.45, 7) is 1.58. The van der Waals surface area contributed by atoms with E-state index in [4.69, 9.17) is 16.3 Å². The Balaban J connectivity index is 1.88. The third-order valence-electron chi connectivity index (χ3n) is 4.13. The normalized spacial score (nSPS) is 15.8. The topological polar surface area (TPSA) is 29.5 Å². The highest BCUT2D eigenvalue weighted by atomic mass is 79.9. The lowest BCUT2D eigenvalue weighted by atomic mass is 10.1. The van der Waals surface area contributed by atoms with Crippen molar-refractivity contribution in [2.24, 2.45) is 0 Å². The zero-order valence-corrected chi connectivity index (χ0v) is 15.6. The molecule has 24 heavy (non-hydrogen) atoms. The first-order valence-corrected chi connectivity index (χ1v) is 9.28. The molecule has 0 radical (unpaired) electrons. The monoisotopic (exact) mass is 407 g/mol. The molecular weight excluding hydrogens is 390 g/mol. The maximum absolute atomic E-state index is 13.0. The summed E-state index contributed by atoms with van der Waals surface area (Å²) < 4.78 is 6.93. The van der Waals surface area contributed by atoms with Gasteiger partial charge in [-0.05, 0) is 37.5 Å². The van der Waals surface area contributed by atoms with Gasteiger partial charge in [-0.3, -0.25) is 4.79 Å². The second-order valence-corrected chi connectivity index (χ2v) is 7.19. The van der Waals surface area contributed by atoms with E-state index in [1.165, 1.54) is 6.42 Å². The second kappa shape index (κ2) is 8.04. The van der Waals surface area contributed by atoms with Crippen molar-refractivity contribution in [2.45, 2.75) is 25.4 Å². The number of carbonyl (C=O) groups excluding carboxylic acids is 1. The first kappa shape index (κ1) is 17.3. The lowest BCUT2D eigenvalue weighted by Gasteiger charge is -2.31. The summed E-state index contributed by atoms with van der Waals surface area (Å²) in [7, 11) is 0. The Bertz CT molecular complexity index is 702. The molecule has 0 spiro atoms. The van der Waals surface area contributed by atoms with Gasteiger partial charge in [0.15, 0.2) is 0 Å². The number of likely N-dealkylation sites (tertiary alicyclic amines) is 1.